The Morgan fingerprint density at radius 1 is 1.53 bits per heavy atom. The molecule has 0 aliphatic rings. The van der Waals surface area contributed by atoms with Gasteiger partial charge in [0, 0.05) is 11.6 Å². The predicted octanol–water partition coefficient (Wildman–Crippen LogP) is 2.71. The Kier molecular flexibility index (Phi) is 3.74. The SMILES string of the molecule is CCc1c(O)ccc(C=CC(=O)O)c1Cl. The quantitative estimate of drug-likeness (QED) is 0.780. The van der Waals surface area contributed by atoms with Crippen LogP contribution in [0.5, 0.6) is 5.75 Å². The van der Waals surface area contributed by atoms with Gasteiger partial charge in [-0.05, 0) is 30.2 Å². The Morgan fingerprint density at radius 2 is 2.20 bits per heavy atom. The van der Waals surface area contributed by atoms with Gasteiger partial charge in [0.1, 0.15) is 5.75 Å². The summed E-state index contributed by atoms with van der Waals surface area (Å²) in [5.41, 5.74) is 1.22. The van der Waals surface area contributed by atoms with Crippen LogP contribution in [-0.4, -0.2) is 16.2 Å². The van der Waals surface area contributed by atoms with Gasteiger partial charge in [0.15, 0.2) is 0 Å². The van der Waals surface area contributed by atoms with Crippen molar-refractivity contribution in [2.24, 2.45) is 0 Å². The Morgan fingerprint density at radius 3 is 2.73 bits per heavy atom. The van der Waals surface area contributed by atoms with Crippen LogP contribution in [0, 0.1) is 0 Å². The van der Waals surface area contributed by atoms with E-state index >= 15 is 0 Å². The zero-order chi connectivity index (χ0) is 11.4. The molecular weight excluding hydrogens is 216 g/mol. The van der Waals surface area contributed by atoms with Crippen molar-refractivity contribution in [1.29, 1.82) is 0 Å². The van der Waals surface area contributed by atoms with Crippen LogP contribution in [0.4, 0.5) is 0 Å². The van der Waals surface area contributed by atoms with E-state index in [0.29, 0.717) is 22.6 Å². The van der Waals surface area contributed by atoms with Crippen LogP contribution < -0.4 is 0 Å². The van der Waals surface area contributed by atoms with Gasteiger partial charge in [-0.3, -0.25) is 0 Å². The number of rotatable bonds is 3. The first kappa shape index (κ1) is 11.6. The minimum absolute atomic E-state index is 0.134. The fraction of sp³-hybridized carbons (Fsp3) is 0.182. The van der Waals surface area contributed by atoms with Crippen molar-refractivity contribution in [3.05, 3.63) is 34.4 Å². The maximum absolute atomic E-state index is 10.3. The molecule has 0 radical (unpaired) electrons. The fourth-order valence-electron chi connectivity index (χ4n) is 1.26. The molecule has 0 unspecified atom stereocenters. The summed E-state index contributed by atoms with van der Waals surface area (Å²) in [6.07, 6.45) is 3.01. The van der Waals surface area contributed by atoms with Gasteiger partial charge in [0.2, 0.25) is 0 Å². The zero-order valence-corrected chi connectivity index (χ0v) is 8.95. The monoisotopic (exact) mass is 226 g/mol. The number of hydrogen-bond acceptors (Lipinski definition) is 2. The summed E-state index contributed by atoms with van der Waals surface area (Å²) in [5.74, 6) is -0.896. The van der Waals surface area contributed by atoms with Crippen LogP contribution in [-0.2, 0) is 11.2 Å². The molecule has 0 amide bonds. The highest BCUT2D eigenvalue weighted by molar-refractivity contribution is 6.33. The van der Waals surface area contributed by atoms with Gasteiger partial charge in [-0.15, -0.1) is 0 Å². The number of aromatic hydroxyl groups is 1. The molecule has 3 nitrogen and oxygen atoms in total. The molecule has 0 aliphatic carbocycles. The smallest absolute Gasteiger partial charge is 0.328 e. The fourth-order valence-corrected chi connectivity index (χ4v) is 1.61. The number of aliphatic carboxylic acids is 1. The maximum atomic E-state index is 10.3. The van der Waals surface area contributed by atoms with E-state index in [0.717, 1.165) is 6.08 Å². The summed E-state index contributed by atoms with van der Waals surface area (Å²) in [6.45, 7) is 1.87. The average molecular weight is 227 g/mol. The number of halogens is 1. The second-order valence-electron chi connectivity index (χ2n) is 2.99. The van der Waals surface area contributed by atoms with Crippen molar-refractivity contribution in [3.8, 4) is 5.75 Å². The molecule has 1 rings (SSSR count). The Hall–Kier alpha value is -1.48. The van der Waals surface area contributed by atoms with E-state index in [-0.39, 0.29) is 5.75 Å². The summed E-state index contributed by atoms with van der Waals surface area (Å²) < 4.78 is 0. The molecule has 0 spiro atoms. The zero-order valence-electron chi connectivity index (χ0n) is 8.20. The third kappa shape index (κ3) is 2.73. The van der Waals surface area contributed by atoms with E-state index in [9.17, 15) is 9.90 Å². The molecule has 4 heteroatoms. The molecule has 15 heavy (non-hydrogen) atoms. The minimum Gasteiger partial charge on any atom is -0.508 e. The van der Waals surface area contributed by atoms with E-state index in [2.05, 4.69) is 0 Å². The number of phenolic OH excluding ortho intramolecular Hbond substituents is 1. The lowest BCUT2D eigenvalue weighted by atomic mass is 10.1. The molecule has 0 heterocycles. The molecule has 0 fully saturated rings. The van der Waals surface area contributed by atoms with E-state index in [1.807, 2.05) is 6.92 Å². The van der Waals surface area contributed by atoms with Crippen molar-refractivity contribution >= 4 is 23.6 Å². The third-order valence-corrected chi connectivity index (χ3v) is 2.45. The van der Waals surface area contributed by atoms with Crippen LogP contribution in [0.25, 0.3) is 6.08 Å². The molecule has 0 saturated carbocycles. The highest BCUT2D eigenvalue weighted by Crippen LogP contribution is 2.30. The number of carbonyl (C=O) groups is 1. The minimum atomic E-state index is -1.03. The average Bonchev–Trinajstić information content (AvgIpc) is 2.17. The van der Waals surface area contributed by atoms with Crippen molar-refractivity contribution in [2.75, 3.05) is 0 Å². The molecule has 0 aliphatic heterocycles. The third-order valence-electron chi connectivity index (χ3n) is 2.01. The first-order chi connectivity index (χ1) is 7.06. The maximum Gasteiger partial charge on any atom is 0.328 e. The molecular formula is C11H11ClO3. The van der Waals surface area contributed by atoms with Gasteiger partial charge in [-0.2, -0.15) is 0 Å². The van der Waals surface area contributed by atoms with Crippen molar-refractivity contribution in [2.45, 2.75) is 13.3 Å². The highest BCUT2D eigenvalue weighted by atomic mass is 35.5. The van der Waals surface area contributed by atoms with Crippen molar-refractivity contribution < 1.29 is 15.0 Å². The summed E-state index contributed by atoms with van der Waals surface area (Å²) >= 11 is 5.99. The first-order valence-corrected chi connectivity index (χ1v) is 4.85. The summed E-state index contributed by atoms with van der Waals surface area (Å²) in [4.78, 5) is 10.3. The van der Waals surface area contributed by atoms with Crippen LogP contribution >= 0.6 is 11.6 Å². The van der Waals surface area contributed by atoms with Gasteiger partial charge < -0.3 is 10.2 Å². The van der Waals surface area contributed by atoms with Crippen LogP contribution in [0.15, 0.2) is 18.2 Å². The topological polar surface area (TPSA) is 57.5 Å². The van der Waals surface area contributed by atoms with E-state index < -0.39 is 5.97 Å². The molecule has 2 N–H and O–H groups in total. The first-order valence-electron chi connectivity index (χ1n) is 4.47. The van der Waals surface area contributed by atoms with Gasteiger partial charge in [0.25, 0.3) is 0 Å². The lowest BCUT2D eigenvalue weighted by Crippen LogP contribution is -1.89. The van der Waals surface area contributed by atoms with Gasteiger partial charge in [-0.25, -0.2) is 4.79 Å². The summed E-state index contributed by atoms with van der Waals surface area (Å²) in [5, 5.41) is 18.3. The van der Waals surface area contributed by atoms with E-state index in [4.69, 9.17) is 16.7 Å². The van der Waals surface area contributed by atoms with Crippen LogP contribution in [0.3, 0.4) is 0 Å². The van der Waals surface area contributed by atoms with E-state index in [1.54, 1.807) is 6.07 Å². The second-order valence-corrected chi connectivity index (χ2v) is 3.37. The van der Waals surface area contributed by atoms with Crippen molar-refractivity contribution in [1.82, 2.24) is 0 Å². The standard InChI is InChI=1S/C11H11ClO3/c1-2-8-9(13)5-3-7(11(8)12)4-6-10(14)15/h3-6,13H,2H2,1H3,(H,14,15). The molecule has 80 valence electrons. The van der Waals surface area contributed by atoms with E-state index in [1.165, 1.54) is 12.1 Å². The number of phenols is 1. The Bertz CT molecular complexity index is 411. The molecule has 1 aromatic rings. The lowest BCUT2D eigenvalue weighted by Gasteiger charge is -2.06. The normalized spacial score (nSPS) is 10.8. The number of carboxylic acid groups (broad SMARTS) is 1. The predicted molar refractivity (Wildman–Crippen MR) is 59.2 cm³/mol. The summed E-state index contributed by atoms with van der Waals surface area (Å²) in [6, 6.07) is 3.09. The number of benzene rings is 1. The lowest BCUT2D eigenvalue weighted by molar-refractivity contribution is -0.131. The molecule has 0 aromatic heterocycles. The molecule has 1 aromatic carbocycles. The molecule has 0 atom stereocenters. The van der Waals surface area contributed by atoms with Gasteiger partial charge >= 0.3 is 5.97 Å². The second kappa shape index (κ2) is 4.84. The highest BCUT2D eigenvalue weighted by Gasteiger charge is 2.07. The summed E-state index contributed by atoms with van der Waals surface area (Å²) in [7, 11) is 0. The van der Waals surface area contributed by atoms with Crippen LogP contribution in [0.2, 0.25) is 5.02 Å². The van der Waals surface area contributed by atoms with Crippen LogP contribution in [0.1, 0.15) is 18.1 Å². The number of carboxylic acids is 1. The Labute approximate surface area is 92.6 Å². The Balaban J connectivity index is 3.16. The molecule has 0 bridgehead atoms. The van der Waals surface area contributed by atoms with Gasteiger partial charge in [0.05, 0.1) is 5.02 Å². The van der Waals surface area contributed by atoms with Gasteiger partial charge in [-0.1, -0.05) is 18.5 Å². The largest absolute Gasteiger partial charge is 0.508 e. The molecule has 0 saturated heterocycles. The number of hydrogen-bond donors (Lipinski definition) is 2. The van der Waals surface area contributed by atoms with Crippen molar-refractivity contribution in [3.63, 3.8) is 0 Å².